The molecule has 0 spiro atoms. The van der Waals surface area contributed by atoms with Gasteiger partial charge in [0.2, 0.25) is 0 Å². The molecule has 6 nitrogen and oxygen atoms in total. The Morgan fingerprint density at radius 1 is 1.13 bits per heavy atom. The van der Waals surface area contributed by atoms with Gasteiger partial charge in [-0.15, -0.1) is 35.3 Å². The van der Waals surface area contributed by atoms with E-state index in [0.29, 0.717) is 17.7 Å². The standard InChI is InChI=1S/C21H20ClN5OS.HI/c1-23-21(24-11-10-14-6-9-19(22)25-12-14)26-13-15-7-8-17(28-15)20-27-16-4-2-3-5-18(16)29-20;/h2-9,12H,10-11,13H2,1H3,(H2,23,24,26);1H. The number of nitrogens with zero attached hydrogens (tertiary/aromatic N) is 3. The van der Waals surface area contributed by atoms with Crippen molar-refractivity contribution in [1.82, 2.24) is 20.6 Å². The maximum atomic E-state index is 5.96. The van der Waals surface area contributed by atoms with E-state index in [1.165, 1.54) is 0 Å². The van der Waals surface area contributed by atoms with Crippen molar-refractivity contribution in [2.45, 2.75) is 13.0 Å². The topological polar surface area (TPSA) is 75.3 Å². The Hall–Kier alpha value is -2.17. The van der Waals surface area contributed by atoms with Crippen LogP contribution in [0.25, 0.3) is 21.0 Å². The molecule has 0 radical (unpaired) electrons. The number of guanidine groups is 1. The lowest BCUT2D eigenvalue weighted by molar-refractivity contribution is 0.513. The number of aliphatic imine (C=N–C) groups is 1. The van der Waals surface area contributed by atoms with Gasteiger partial charge in [0.05, 0.1) is 16.8 Å². The predicted molar refractivity (Wildman–Crippen MR) is 134 cm³/mol. The van der Waals surface area contributed by atoms with Crippen LogP contribution < -0.4 is 10.6 Å². The van der Waals surface area contributed by atoms with Crippen LogP contribution in [-0.2, 0) is 13.0 Å². The zero-order chi connectivity index (χ0) is 20.1. The van der Waals surface area contributed by atoms with Crippen LogP contribution in [0.3, 0.4) is 0 Å². The van der Waals surface area contributed by atoms with Crippen molar-refractivity contribution in [2.75, 3.05) is 13.6 Å². The van der Waals surface area contributed by atoms with E-state index >= 15 is 0 Å². The van der Waals surface area contributed by atoms with Gasteiger partial charge in [-0.25, -0.2) is 9.97 Å². The summed E-state index contributed by atoms with van der Waals surface area (Å²) in [6.07, 6.45) is 2.61. The van der Waals surface area contributed by atoms with E-state index in [1.54, 1.807) is 30.6 Å². The third-order valence-corrected chi connectivity index (χ3v) is 5.59. The fourth-order valence-corrected chi connectivity index (χ4v) is 3.88. The molecule has 3 heterocycles. The van der Waals surface area contributed by atoms with Crippen LogP contribution in [-0.4, -0.2) is 29.5 Å². The molecule has 0 bridgehead atoms. The first kappa shape index (κ1) is 22.5. The Bertz CT molecular complexity index is 1090. The molecule has 156 valence electrons. The van der Waals surface area contributed by atoms with Crippen molar-refractivity contribution in [1.29, 1.82) is 0 Å². The molecule has 0 fully saturated rings. The van der Waals surface area contributed by atoms with E-state index in [0.717, 1.165) is 45.3 Å². The Balaban J connectivity index is 0.00000256. The molecule has 0 atom stereocenters. The number of furan rings is 1. The highest BCUT2D eigenvalue weighted by Crippen LogP contribution is 2.31. The molecular formula is C21H21ClIN5OS. The fraction of sp³-hybridized carbons (Fsp3) is 0.190. The van der Waals surface area contributed by atoms with Gasteiger partial charge in [-0.05, 0) is 42.3 Å². The van der Waals surface area contributed by atoms with Crippen molar-refractivity contribution < 1.29 is 4.42 Å². The number of benzene rings is 1. The molecule has 0 aliphatic carbocycles. The van der Waals surface area contributed by atoms with Crippen molar-refractivity contribution >= 4 is 63.1 Å². The normalized spacial score (nSPS) is 11.3. The molecule has 4 aromatic rings. The second kappa shape index (κ2) is 10.7. The summed E-state index contributed by atoms with van der Waals surface area (Å²) in [6, 6.07) is 15.8. The number of nitrogens with one attached hydrogen (secondary N) is 2. The van der Waals surface area contributed by atoms with Crippen molar-refractivity contribution in [2.24, 2.45) is 4.99 Å². The van der Waals surface area contributed by atoms with Gasteiger partial charge in [0.1, 0.15) is 10.9 Å². The average molecular weight is 554 g/mol. The Kier molecular flexibility index (Phi) is 8.06. The van der Waals surface area contributed by atoms with Gasteiger partial charge in [0.25, 0.3) is 0 Å². The van der Waals surface area contributed by atoms with E-state index < -0.39 is 0 Å². The molecule has 0 amide bonds. The largest absolute Gasteiger partial charge is 0.457 e. The summed E-state index contributed by atoms with van der Waals surface area (Å²) in [5, 5.41) is 7.94. The number of pyridine rings is 1. The summed E-state index contributed by atoms with van der Waals surface area (Å²) >= 11 is 7.44. The van der Waals surface area contributed by atoms with Crippen LogP contribution in [0.15, 0.2) is 64.1 Å². The van der Waals surface area contributed by atoms with Gasteiger partial charge < -0.3 is 15.1 Å². The number of hydrogen-bond donors (Lipinski definition) is 2. The van der Waals surface area contributed by atoms with E-state index in [9.17, 15) is 0 Å². The zero-order valence-corrected chi connectivity index (χ0v) is 20.2. The van der Waals surface area contributed by atoms with Crippen molar-refractivity contribution in [3.05, 3.63) is 71.2 Å². The molecule has 4 rings (SSSR count). The van der Waals surface area contributed by atoms with Gasteiger partial charge in [0.15, 0.2) is 16.7 Å². The van der Waals surface area contributed by atoms with Crippen LogP contribution in [0.1, 0.15) is 11.3 Å². The fourth-order valence-electron chi connectivity index (χ4n) is 2.84. The zero-order valence-electron chi connectivity index (χ0n) is 16.3. The van der Waals surface area contributed by atoms with Crippen molar-refractivity contribution in [3.8, 4) is 10.8 Å². The van der Waals surface area contributed by atoms with Gasteiger partial charge in [0, 0.05) is 19.8 Å². The van der Waals surface area contributed by atoms with Crippen LogP contribution in [0.4, 0.5) is 0 Å². The Morgan fingerprint density at radius 2 is 2.00 bits per heavy atom. The summed E-state index contributed by atoms with van der Waals surface area (Å²) in [7, 11) is 1.74. The third kappa shape index (κ3) is 5.71. The summed E-state index contributed by atoms with van der Waals surface area (Å²) in [6.45, 7) is 1.27. The van der Waals surface area contributed by atoms with Crippen LogP contribution in [0.5, 0.6) is 0 Å². The maximum Gasteiger partial charge on any atom is 0.191 e. The highest BCUT2D eigenvalue weighted by atomic mass is 127. The summed E-state index contributed by atoms with van der Waals surface area (Å²) in [5.41, 5.74) is 2.10. The molecule has 3 aromatic heterocycles. The van der Waals surface area contributed by atoms with E-state index in [4.69, 9.17) is 16.0 Å². The van der Waals surface area contributed by atoms with Crippen LogP contribution in [0.2, 0.25) is 5.15 Å². The van der Waals surface area contributed by atoms with Crippen LogP contribution >= 0.6 is 46.9 Å². The minimum Gasteiger partial charge on any atom is -0.457 e. The second-order valence-corrected chi connectivity index (χ2v) is 7.76. The summed E-state index contributed by atoms with van der Waals surface area (Å²) in [5.74, 6) is 2.31. The molecule has 9 heteroatoms. The lowest BCUT2D eigenvalue weighted by atomic mass is 10.2. The van der Waals surface area contributed by atoms with Gasteiger partial charge in [-0.2, -0.15) is 0 Å². The highest BCUT2D eigenvalue weighted by molar-refractivity contribution is 14.0. The van der Waals surface area contributed by atoms with E-state index in [2.05, 4.69) is 31.7 Å². The molecule has 0 aliphatic heterocycles. The van der Waals surface area contributed by atoms with Gasteiger partial charge in [-0.3, -0.25) is 4.99 Å². The Morgan fingerprint density at radius 3 is 2.77 bits per heavy atom. The summed E-state index contributed by atoms with van der Waals surface area (Å²) in [4.78, 5) is 13.0. The SMILES string of the molecule is CN=C(NCCc1ccc(Cl)nc1)NCc1ccc(-c2nc3ccccc3s2)o1.I. The number of rotatable bonds is 6. The summed E-state index contributed by atoms with van der Waals surface area (Å²) < 4.78 is 7.11. The minimum atomic E-state index is 0. The highest BCUT2D eigenvalue weighted by Gasteiger charge is 2.10. The first-order chi connectivity index (χ1) is 14.2. The quantitative estimate of drug-likeness (QED) is 0.150. The average Bonchev–Trinajstić information content (AvgIpc) is 3.38. The molecule has 0 saturated carbocycles. The Labute approximate surface area is 200 Å². The minimum absolute atomic E-state index is 0. The number of para-hydroxylation sites is 1. The molecule has 0 aliphatic rings. The van der Waals surface area contributed by atoms with Crippen LogP contribution in [0, 0.1) is 0 Å². The molecule has 1 aromatic carbocycles. The van der Waals surface area contributed by atoms with E-state index in [-0.39, 0.29) is 24.0 Å². The second-order valence-electron chi connectivity index (χ2n) is 6.34. The molecule has 0 saturated heterocycles. The molecular weight excluding hydrogens is 533 g/mol. The predicted octanol–water partition coefficient (Wildman–Crippen LogP) is 5.13. The number of fused-ring (bicyclic) bond motifs is 1. The lowest BCUT2D eigenvalue weighted by Gasteiger charge is -2.10. The van der Waals surface area contributed by atoms with E-state index in [1.807, 2.05) is 36.4 Å². The van der Waals surface area contributed by atoms with Gasteiger partial charge in [-0.1, -0.05) is 29.8 Å². The van der Waals surface area contributed by atoms with Gasteiger partial charge >= 0.3 is 0 Å². The first-order valence-corrected chi connectivity index (χ1v) is 10.4. The van der Waals surface area contributed by atoms with Crippen molar-refractivity contribution in [3.63, 3.8) is 0 Å². The number of halogens is 2. The first-order valence-electron chi connectivity index (χ1n) is 9.21. The monoisotopic (exact) mass is 553 g/mol. The third-order valence-electron chi connectivity index (χ3n) is 4.31. The number of hydrogen-bond acceptors (Lipinski definition) is 5. The lowest BCUT2D eigenvalue weighted by Crippen LogP contribution is -2.37. The number of aromatic nitrogens is 2. The smallest absolute Gasteiger partial charge is 0.191 e. The molecule has 0 unspecified atom stereocenters. The maximum absolute atomic E-state index is 5.96. The molecule has 2 N–H and O–H groups in total. The molecule has 30 heavy (non-hydrogen) atoms. The number of thiazole rings is 1.